The van der Waals surface area contributed by atoms with Crippen molar-refractivity contribution in [2.24, 2.45) is 0 Å². The average Bonchev–Trinajstić information content (AvgIpc) is 2.95. The number of carbonyl (C=O) groups excluding carboxylic acids is 1. The molecule has 0 spiro atoms. The van der Waals surface area contributed by atoms with E-state index in [0.717, 1.165) is 22.3 Å². The largest absolute Gasteiger partial charge is 0.361 e. The topological polar surface area (TPSA) is 56.9 Å². The monoisotopic (exact) mass is 293 g/mol. The molecule has 0 fully saturated rings. The van der Waals surface area contributed by atoms with Crippen LogP contribution < -0.4 is 10.6 Å². The van der Waals surface area contributed by atoms with Gasteiger partial charge in [-0.2, -0.15) is 0 Å². The Kier molecular flexibility index (Phi) is 3.83. The van der Waals surface area contributed by atoms with Crippen LogP contribution >= 0.6 is 0 Å². The molecule has 0 unspecified atom stereocenters. The minimum atomic E-state index is -0.243. The van der Waals surface area contributed by atoms with E-state index >= 15 is 0 Å². The first-order valence-corrected chi connectivity index (χ1v) is 7.37. The number of amides is 2. The molecule has 3 aromatic rings. The van der Waals surface area contributed by atoms with Crippen molar-refractivity contribution in [2.45, 2.75) is 19.8 Å². The molecule has 0 aliphatic carbocycles. The molecule has 2 amide bonds. The number of anilines is 2. The minimum absolute atomic E-state index is 0.243. The van der Waals surface area contributed by atoms with Crippen molar-refractivity contribution in [1.29, 1.82) is 0 Å². The summed E-state index contributed by atoms with van der Waals surface area (Å²) in [6.45, 7) is 4.29. The molecule has 0 atom stereocenters. The predicted octanol–water partition coefficient (Wildman–Crippen LogP) is 4.94. The number of benzene rings is 2. The zero-order chi connectivity index (χ0) is 15.5. The van der Waals surface area contributed by atoms with Crippen molar-refractivity contribution in [3.63, 3.8) is 0 Å². The van der Waals surface area contributed by atoms with Gasteiger partial charge in [-0.25, -0.2) is 4.79 Å². The molecule has 0 bridgehead atoms. The Morgan fingerprint density at radius 3 is 2.36 bits per heavy atom. The Bertz CT molecular complexity index is 787. The third-order valence-electron chi connectivity index (χ3n) is 3.65. The van der Waals surface area contributed by atoms with Gasteiger partial charge in [0.25, 0.3) is 0 Å². The average molecular weight is 293 g/mol. The summed E-state index contributed by atoms with van der Waals surface area (Å²) in [5.74, 6) is 0.482. The normalized spacial score (nSPS) is 10.9. The van der Waals surface area contributed by atoms with E-state index in [1.165, 1.54) is 5.56 Å². The summed E-state index contributed by atoms with van der Waals surface area (Å²) in [4.78, 5) is 15.2. The lowest BCUT2D eigenvalue weighted by Gasteiger charge is -2.10. The lowest BCUT2D eigenvalue weighted by molar-refractivity contribution is 0.262. The fraction of sp³-hybridized carbons (Fsp3) is 0.167. The number of aromatic nitrogens is 1. The highest BCUT2D eigenvalue weighted by molar-refractivity contribution is 6.00. The van der Waals surface area contributed by atoms with E-state index in [-0.39, 0.29) is 6.03 Å². The van der Waals surface area contributed by atoms with Crippen LogP contribution in [-0.2, 0) is 0 Å². The highest BCUT2D eigenvalue weighted by Crippen LogP contribution is 2.19. The first-order valence-electron chi connectivity index (χ1n) is 7.37. The van der Waals surface area contributed by atoms with Crippen molar-refractivity contribution in [2.75, 3.05) is 10.6 Å². The number of hydrogen-bond acceptors (Lipinski definition) is 1. The number of rotatable bonds is 3. The molecule has 4 heteroatoms. The van der Waals surface area contributed by atoms with Crippen LogP contribution in [0.2, 0.25) is 0 Å². The molecular formula is C18H19N3O. The van der Waals surface area contributed by atoms with Gasteiger partial charge in [0.1, 0.15) is 0 Å². The molecule has 1 aromatic heterocycles. The van der Waals surface area contributed by atoms with Crippen LogP contribution in [0.1, 0.15) is 25.3 Å². The van der Waals surface area contributed by atoms with E-state index in [0.29, 0.717) is 5.92 Å². The van der Waals surface area contributed by atoms with E-state index in [2.05, 4.69) is 29.5 Å². The van der Waals surface area contributed by atoms with Gasteiger partial charge in [0, 0.05) is 28.5 Å². The van der Waals surface area contributed by atoms with Gasteiger partial charge in [0.05, 0.1) is 0 Å². The van der Waals surface area contributed by atoms with Gasteiger partial charge in [-0.1, -0.05) is 26.0 Å². The molecular weight excluding hydrogens is 274 g/mol. The van der Waals surface area contributed by atoms with E-state index in [4.69, 9.17) is 0 Å². The molecule has 0 saturated heterocycles. The fourth-order valence-corrected chi connectivity index (χ4v) is 2.38. The standard InChI is InChI=1S/C18H19N3O/c1-12(2)13-3-5-15(6-4-13)20-18(22)21-16-7-8-17-14(11-16)9-10-19-17/h3-12,19H,1-2H3,(H2,20,21,22). The maximum atomic E-state index is 12.0. The fourth-order valence-electron chi connectivity index (χ4n) is 2.38. The number of aromatic amines is 1. The minimum Gasteiger partial charge on any atom is -0.361 e. The Morgan fingerprint density at radius 2 is 1.64 bits per heavy atom. The zero-order valence-electron chi connectivity index (χ0n) is 12.7. The van der Waals surface area contributed by atoms with Gasteiger partial charge < -0.3 is 15.6 Å². The number of nitrogens with one attached hydrogen (secondary N) is 3. The van der Waals surface area contributed by atoms with Gasteiger partial charge >= 0.3 is 6.03 Å². The van der Waals surface area contributed by atoms with Crippen LogP contribution in [0, 0.1) is 0 Å². The van der Waals surface area contributed by atoms with Crippen LogP contribution in [0.3, 0.4) is 0 Å². The maximum absolute atomic E-state index is 12.0. The van der Waals surface area contributed by atoms with Crippen molar-refractivity contribution >= 4 is 28.3 Å². The number of hydrogen-bond donors (Lipinski definition) is 3. The third-order valence-corrected chi connectivity index (χ3v) is 3.65. The molecule has 3 rings (SSSR count). The number of carbonyl (C=O) groups is 1. The van der Waals surface area contributed by atoms with Crippen LogP contribution in [0.5, 0.6) is 0 Å². The number of H-pyrrole nitrogens is 1. The summed E-state index contributed by atoms with van der Waals surface area (Å²) in [5.41, 5.74) is 3.85. The van der Waals surface area contributed by atoms with E-state index in [1.54, 1.807) is 0 Å². The second-order valence-electron chi connectivity index (χ2n) is 5.64. The first kappa shape index (κ1) is 14.2. The van der Waals surface area contributed by atoms with Crippen LogP contribution in [0.4, 0.5) is 16.2 Å². The second-order valence-corrected chi connectivity index (χ2v) is 5.64. The van der Waals surface area contributed by atoms with Gasteiger partial charge in [-0.3, -0.25) is 0 Å². The SMILES string of the molecule is CC(C)c1ccc(NC(=O)Nc2ccc3[nH]ccc3c2)cc1. The Hall–Kier alpha value is -2.75. The third kappa shape index (κ3) is 3.11. The number of fused-ring (bicyclic) bond motifs is 1. The van der Waals surface area contributed by atoms with E-state index in [9.17, 15) is 4.79 Å². The lowest BCUT2D eigenvalue weighted by atomic mass is 10.0. The van der Waals surface area contributed by atoms with Crippen LogP contribution in [0.15, 0.2) is 54.7 Å². The quantitative estimate of drug-likeness (QED) is 0.629. The Labute approximate surface area is 129 Å². The molecule has 112 valence electrons. The van der Waals surface area contributed by atoms with Gasteiger partial charge in [-0.15, -0.1) is 0 Å². The predicted molar refractivity (Wildman–Crippen MR) is 91.5 cm³/mol. The van der Waals surface area contributed by atoms with Crippen molar-refractivity contribution < 1.29 is 4.79 Å². The van der Waals surface area contributed by atoms with Crippen LogP contribution in [-0.4, -0.2) is 11.0 Å². The van der Waals surface area contributed by atoms with Crippen molar-refractivity contribution in [3.05, 3.63) is 60.3 Å². The second kappa shape index (κ2) is 5.93. The Balaban J connectivity index is 1.66. The summed E-state index contributed by atoms with van der Waals surface area (Å²) in [5, 5.41) is 6.75. The lowest BCUT2D eigenvalue weighted by Crippen LogP contribution is -2.19. The highest BCUT2D eigenvalue weighted by Gasteiger charge is 2.05. The molecule has 0 radical (unpaired) electrons. The smallest absolute Gasteiger partial charge is 0.323 e. The molecule has 4 nitrogen and oxygen atoms in total. The van der Waals surface area contributed by atoms with Gasteiger partial charge in [-0.05, 0) is 47.9 Å². The zero-order valence-corrected chi connectivity index (χ0v) is 12.7. The molecule has 2 aromatic carbocycles. The molecule has 1 heterocycles. The van der Waals surface area contributed by atoms with Crippen molar-refractivity contribution in [3.8, 4) is 0 Å². The molecule has 0 aliphatic heterocycles. The summed E-state index contributed by atoms with van der Waals surface area (Å²) < 4.78 is 0. The van der Waals surface area contributed by atoms with Gasteiger partial charge in [0.2, 0.25) is 0 Å². The summed E-state index contributed by atoms with van der Waals surface area (Å²) >= 11 is 0. The van der Waals surface area contributed by atoms with Crippen molar-refractivity contribution in [1.82, 2.24) is 4.98 Å². The first-order chi connectivity index (χ1) is 10.6. The molecule has 0 aliphatic rings. The molecule has 22 heavy (non-hydrogen) atoms. The van der Waals surface area contributed by atoms with Gasteiger partial charge in [0.15, 0.2) is 0 Å². The van der Waals surface area contributed by atoms with Crippen LogP contribution in [0.25, 0.3) is 10.9 Å². The highest BCUT2D eigenvalue weighted by atomic mass is 16.2. The summed E-state index contributed by atoms with van der Waals surface area (Å²) in [7, 11) is 0. The number of urea groups is 1. The summed E-state index contributed by atoms with van der Waals surface area (Å²) in [6.07, 6.45) is 1.88. The maximum Gasteiger partial charge on any atom is 0.323 e. The molecule has 0 saturated carbocycles. The van der Waals surface area contributed by atoms with E-state index < -0.39 is 0 Å². The molecule has 3 N–H and O–H groups in total. The van der Waals surface area contributed by atoms with E-state index in [1.807, 2.05) is 54.7 Å². The summed E-state index contributed by atoms with van der Waals surface area (Å²) in [6, 6.07) is 15.4. The Morgan fingerprint density at radius 1 is 0.955 bits per heavy atom.